The average Bonchev–Trinajstić information content (AvgIpc) is 2.53. The van der Waals surface area contributed by atoms with Gasteiger partial charge in [0.25, 0.3) is 0 Å². The molecule has 0 fully saturated rings. The Balaban J connectivity index is 2.14. The minimum atomic E-state index is -0.681. The van der Waals surface area contributed by atoms with E-state index >= 15 is 0 Å². The van der Waals surface area contributed by atoms with Crippen molar-refractivity contribution in [1.29, 1.82) is 5.26 Å². The Bertz CT molecular complexity index is 704. The molecular formula is C16H13NO4. The van der Waals surface area contributed by atoms with Crippen LogP contribution in [0.15, 0.2) is 42.5 Å². The average molecular weight is 283 g/mol. The first kappa shape index (κ1) is 14.4. The highest BCUT2D eigenvalue weighted by Gasteiger charge is 2.14. The largest absolute Gasteiger partial charge is 0.507 e. The number of hydrogen-bond acceptors (Lipinski definition) is 5. The zero-order chi connectivity index (χ0) is 15.2. The molecule has 0 aliphatic heterocycles. The summed E-state index contributed by atoms with van der Waals surface area (Å²) in [5.74, 6) is -0.425. The number of phenolic OH excluding ortho intramolecular Hbond substituents is 1. The van der Waals surface area contributed by atoms with Crippen molar-refractivity contribution in [3.63, 3.8) is 0 Å². The number of ether oxygens (including phenoxy) is 2. The third-order valence-corrected chi connectivity index (χ3v) is 2.92. The van der Waals surface area contributed by atoms with E-state index in [1.54, 1.807) is 24.3 Å². The normalized spacial score (nSPS) is 9.71. The van der Waals surface area contributed by atoms with Crippen LogP contribution in [0.4, 0.5) is 0 Å². The van der Waals surface area contributed by atoms with Crippen LogP contribution in [-0.2, 0) is 11.3 Å². The predicted octanol–water partition coefficient (Wildman–Crippen LogP) is 2.63. The number of rotatable bonds is 4. The van der Waals surface area contributed by atoms with E-state index in [4.69, 9.17) is 14.7 Å². The molecule has 0 aliphatic carbocycles. The van der Waals surface area contributed by atoms with Crippen LogP contribution in [0.5, 0.6) is 11.5 Å². The molecule has 0 aromatic heterocycles. The van der Waals surface area contributed by atoms with E-state index in [9.17, 15) is 9.90 Å². The number of aromatic hydroxyl groups is 1. The van der Waals surface area contributed by atoms with Gasteiger partial charge in [-0.3, -0.25) is 0 Å². The van der Waals surface area contributed by atoms with Crippen LogP contribution in [0.2, 0.25) is 0 Å². The van der Waals surface area contributed by atoms with Gasteiger partial charge >= 0.3 is 5.97 Å². The molecule has 0 saturated carbocycles. The number of esters is 1. The molecule has 2 aromatic carbocycles. The molecule has 0 bridgehead atoms. The summed E-state index contributed by atoms with van der Waals surface area (Å²) in [6.07, 6.45) is 0. The minimum Gasteiger partial charge on any atom is -0.507 e. The van der Waals surface area contributed by atoms with Crippen LogP contribution in [0.3, 0.4) is 0 Å². The van der Waals surface area contributed by atoms with Gasteiger partial charge in [0, 0.05) is 5.56 Å². The van der Waals surface area contributed by atoms with Gasteiger partial charge in [0.2, 0.25) is 0 Å². The molecule has 0 spiro atoms. The minimum absolute atomic E-state index is 0.0174. The van der Waals surface area contributed by atoms with Gasteiger partial charge in [-0.1, -0.05) is 18.2 Å². The SMILES string of the molecule is COc1ccc(O)c(C(=O)OCc2ccccc2C#N)c1. The first-order valence-electron chi connectivity index (χ1n) is 6.18. The van der Waals surface area contributed by atoms with Gasteiger partial charge in [-0.25, -0.2) is 4.79 Å². The van der Waals surface area contributed by atoms with Gasteiger partial charge in [0.1, 0.15) is 23.7 Å². The number of benzene rings is 2. The Kier molecular flexibility index (Phi) is 4.42. The first-order valence-corrected chi connectivity index (χ1v) is 6.18. The summed E-state index contributed by atoms with van der Waals surface area (Å²) < 4.78 is 10.1. The lowest BCUT2D eigenvalue weighted by Gasteiger charge is -2.08. The van der Waals surface area contributed by atoms with E-state index in [1.807, 2.05) is 6.07 Å². The molecule has 1 N–H and O–H groups in total. The number of nitriles is 1. The summed E-state index contributed by atoms with van der Waals surface area (Å²) in [6.45, 7) is -0.0424. The lowest BCUT2D eigenvalue weighted by molar-refractivity contribution is 0.0468. The number of carbonyl (C=O) groups is 1. The van der Waals surface area contributed by atoms with Crippen LogP contribution in [0, 0.1) is 11.3 Å². The fourth-order valence-corrected chi connectivity index (χ4v) is 1.78. The molecular weight excluding hydrogens is 270 g/mol. The summed E-state index contributed by atoms with van der Waals surface area (Å²) in [4.78, 5) is 12.0. The Morgan fingerprint density at radius 2 is 2.05 bits per heavy atom. The van der Waals surface area contributed by atoms with Gasteiger partial charge in [-0.05, 0) is 24.3 Å². The zero-order valence-corrected chi connectivity index (χ0v) is 11.4. The monoisotopic (exact) mass is 283 g/mol. The van der Waals surface area contributed by atoms with Crippen molar-refractivity contribution >= 4 is 5.97 Å². The molecule has 5 heteroatoms. The summed E-state index contributed by atoms with van der Waals surface area (Å²) >= 11 is 0. The Labute approximate surface area is 122 Å². The van der Waals surface area contributed by atoms with Crippen LogP contribution in [-0.4, -0.2) is 18.2 Å². The molecule has 0 unspecified atom stereocenters. The van der Waals surface area contributed by atoms with Crippen molar-refractivity contribution in [3.8, 4) is 17.6 Å². The van der Waals surface area contributed by atoms with Crippen molar-refractivity contribution in [2.75, 3.05) is 7.11 Å². The summed E-state index contributed by atoms with van der Waals surface area (Å²) in [5, 5.41) is 18.7. The molecule has 2 aromatic rings. The van der Waals surface area contributed by atoms with Crippen LogP contribution in [0.1, 0.15) is 21.5 Å². The highest BCUT2D eigenvalue weighted by molar-refractivity contribution is 5.92. The van der Waals surface area contributed by atoms with Gasteiger partial charge < -0.3 is 14.6 Å². The van der Waals surface area contributed by atoms with E-state index in [0.717, 1.165) is 0 Å². The third-order valence-electron chi connectivity index (χ3n) is 2.92. The van der Waals surface area contributed by atoms with E-state index < -0.39 is 5.97 Å². The van der Waals surface area contributed by atoms with Crippen molar-refractivity contribution in [2.24, 2.45) is 0 Å². The van der Waals surface area contributed by atoms with Crippen molar-refractivity contribution in [2.45, 2.75) is 6.61 Å². The third kappa shape index (κ3) is 3.31. The number of phenols is 1. The van der Waals surface area contributed by atoms with Crippen LogP contribution >= 0.6 is 0 Å². The molecule has 0 radical (unpaired) electrons. The maximum Gasteiger partial charge on any atom is 0.342 e. The smallest absolute Gasteiger partial charge is 0.342 e. The summed E-state index contributed by atoms with van der Waals surface area (Å²) in [6, 6.07) is 13.2. The standard InChI is InChI=1S/C16H13NO4/c1-20-13-6-7-15(18)14(8-13)16(19)21-10-12-5-3-2-4-11(12)9-17/h2-8,18H,10H2,1H3. The van der Waals surface area contributed by atoms with Crippen LogP contribution in [0.25, 0.3) is 0 Å². The van der Waals surface area contributed by atoms with E-state index in [-0.39, 0.29) is 17.9 Å². The second-order valence-corrected chi connectivity index (χ2v) is 4.23. The van der Waals surface area contributed by atoms with Gasteiger partial charge in [-0.15, -0.1) is 0 Å². The molecule has 5 nitrogen and oxygen atoms in total. The van der Waals surface area contributed by atoms with Gasteiger partial charge in [0.05, 0.1) is 18.7 Å². The molecule has 2 rings (SSSR count). The summed E-state index contributed by atoms with van der Waals surface area (Å²) in [7, 11) is 1.46. The highest BCUT2D eigenvalue weighted by Crippen LogP contribution is 2.24. The van der Waals surface area contributed by atoms with E-state index in [1.165, 1.54) is 25.3 Å². The second kappa shape index (κ2) is 6.44. The van der Waals surface area contributed by atoms with Gasteiger partial charge in [-0.2, -0.15) is 5.26 Å². The number of carbonyl (C=O) groups excluding carboxylic acids is 1. The van der Waals surface area contributed by atoms with E-state index in [2.05, 4.69) is 0 Å². The number of hydrogen-bond donors (Lipinski definition) is 1. The Morgan fingerprint density at radius 1 is 1.29 bits per heavy atom. The molecule has 0 saturated heterocycles. The predicted molar refractivity (Wildman–Crippen MR) is 74.9 cm³/mol. The molecule has 106 valence electrons. The second-order valence-electron chi connectivity index (χ2n) is 4.23. The fraction of sp³-hybridized carbons (Fsp3) is 0.125. The van der Waals surface area contributed by atoms with Crippen molar-refractivity contribution < 1.29 is 19.4 Å². The Hall–Kier alpha value is -3.00. The maximum absolute atomic E-state index is 12.0. The molecule has 0 atom stereocenters. The molecule has 0 heterocycles. The molecule has 0 aliphatic rings. The lowest BCUT2D eigenvalue weighted by Crippen LogP contribution is -2.06. The lowest BCUT2D eigenvalue weighted by atomic mass is 10.1. The Morgan fingerprint density at radius 3 is 2.76 bits per heavy atom. The quantitative estimate of drug-likeness (QED) is 0.872. The highest BCUT2D eigenvalue weighted by atomic mass is 16.5. The van der Waals surface area contributed by atoms with Crippen molar-refractivity contribution in [1.82, 2.24) is 0 Å². The molecule has 21 heavy (non-hydrogen) atoms. The zero-order valence-electron chi connectivity index (χ0n) is 11.4. The topological polar surface area (TPSA) is 79.6 Å². The number of nitrogens with zero attached hydrogens (tertiary/aromatic N) is 1. The van der Waals surface area contributed by atoms with Crippen LogP contribution < -0.4 is 4.74 Å². The summed E-state index contributed by atoms with van der Waals surface area (Å²) in [5.41, 5.74) is 1.07. The molecule has 0 amide bonds. The first-order chi connectivity index (χ1) is 10.2. The number of methoxy groups -OCH3 is 1. The van der Waals surface area contributed by atoms with E-state index in [0.29, 0.717) is 16.9 Å². The maximum atomic E-state index is 12.0. The van der Waals surface area contributed by atoms with Gasteiger partial charge in [0.15, 0.2) is 0 Å². The fourth-order valence-electron chi connectivity index (χ4n) is 1.78. The van der Waals surface area contributed by atoms with Crippen molar-refractivity contribution in [3.05, 3.63) is 59.2 Å².